The van der Waals surface area contributed by atoms with E-state index in [1.165, 1.54) is 16.8 Å². The summed E-state index contributed by atoms with van der Waals surface area (Å²) in [5.41, 5.74) is 2.36. The first kappa shape index (κ1) is 31.7. The summed E-state index contributed by atoms with van der Waals surface area (Å²) >= 11 is 0. The van der Waals surface area contributed by atoms with Crippen LogP contribution in [-0.2, 0) is 10.2 Å². The number of carbonyl (C=O) groups is 1. The Balaban J connectivity index is 1.42. The number of hydrogen-bond acceptors (Lipinski definition) is 8. The summed E-state index contributed by atoms with van der Waals surface area (Å²) in [5.74, 6) is 0.863. The van der Waals surface area contributed by atoms with Gasteiger partial charge in [-0.3, -0.25) is 9.36 Å². The number of aromatic nitrogens is 2. The fourth-order valence-electron chi connectivity index (χ4n) is 6.29. The molecule has 4 aromatic carbocycles. The molecule has 3 N–H and O–H groups in total. The molecule has 1 amide bonds. The molecule has 1 aliphatic heterocycles. The lowest BCUT2D eigenvalue weighted by Crippen LogP contribution is -2.32. The minimum Gasteiger partial charge on any atom is -0.497 e. The zero-order valence-corrected chi connectivity index (χ0v) is 25.9. The highest BCUT2D eigenvalue weighted by Crippen LogP contribution is 2.49. The Morgan fingerprint density at radius 1 is 0.915 bits per heavy atom. The van der Waals surface area contributed by atoms with Crippen molar-refractivity contribution < 1.29 is 29.2 Å². The molecule has 10 heteroatoms. The molecule has 0 aliphatic carbocycles. The van der Waals surface area contributed by atoms with E-state index in [1.807, 2.05) is 72.8 Å². The van der Waals surface area contributed by atoms with Crippen molar-refractivity contribution in [1.29, 1.82) is 0 Å². The summed E-state index contributed by atoms with van der Waals surface area (Å²) in [7, 11) is 3.23. The molecule has 0 saturated carbocycles. The van der Waals surface area contributed by atoms with Crippen molar-refractivity contribution in [3.05, 3.63) is 154 Å². The van der Waals surface area contributed by atoms with E-state index < -0.39 is 35.4 Å². The molecule has 240 valence electrons. The molecule has 5 aromatic rings. The maximum Gasteiger partial charge on any atom is 0.351 e. The number of carbonyl (C=O) groups excluding carboxylic acids is 1. The highest BCUT2D eigenvalue weighted by Gasteiger charge is 2.41. The van der Waals surface area contributed by atoms with Crippen molar-refractivity contribution in [1.82, 2.24) is 9.55 Å². The second kappa shape index (κ2) is 13.6. The zero-order valence-electron chi connectivity index (χ0n) is 25.9. The number of nitrogens with one attached hydrogen (secondary N) is 1. The van der Waals surface area contributed by atoms with E-state index in [1.54, 1.807) is 20.3 Å². The van der Waals surface area contributed by atoms with Gasteiger partial charge in [-0.05, 0) is 41.0 Å². The maximum absolute atomic E-state index is 13.7. The first-order chi connectivity index (χ1) is 22.9. The van der Waals surface area contributed by atoms with Gasteiger partial charge >= 0.3 is 5.69 Å². The highest BCUT2D eigenvalue weighted by atomic mass is 16.5. The Labute approximate surface area is 271 Å². The van der Waals surface area contributed by atoms with Crippen LogP contribution in [0, 0.1) is 0 Å². The molecule has 0 radical (unpaired) electrons. The van der Waals surface area contributed by atoms with Gasteiger partial charge in [0.25, 0.3) is 5.91 Å². The Morgan fingerprint density at radius 2 is 1.60 bits per heavy atom. The third-order valence-corrected chi connectivity index (χ3v) is 8.55. The number of aliphatic hydroxyl groups is 2. The first-order valence-corrected chi connectivity index (χ1v) is 15.2. The molecule has 2 heterocycles. The fraction of sp³-hybridized carbons (Fsp3) is 0.216. The summed E-state index contributed by atoms with van der Waals surface area (Å²) in [4.78, 5) is 30.6. The Bertz CT molecular complexity index is 1870. The van der Waals surface area contributed by atoms with Crippen LogP contribution in [-0.4, -0.2) is 58.7 Å². The van der Waals surface area contributed by atoms with Crippen molar-refractivity contribution in [2.75, 3.05) is 26.1 Å². The lowest BCUT2D eigenvalue weighted by atomic mass is 9.64. The Morgan fingerprint density at radius 3 is 2.19 bits per heavy atom. The van der Waals surface area contributed by atoms with E-state index in [0.717, 1.165) is 22.3 Å². The average molecular weight is 634 g/mol. The quantitative estimate of drug-likeness (QED) is 0.191. The number of ether oxygens (including phenoxy) is 3. The minimum atomic E-state index is -0.909. The summed E-state index contributed by atoms with van der Waals surface area (Å²) in [6.07, 6.45) is -0.877. The fourth-order valence-corrected chi connectivity index (χ4v) is 6.29. The van der Waals surface area contributed by atoms with Crippen LogP contribution in [0.5, 0.6) is 11.5 Å². The summed E-state index contributed by atoms with van der Waals surface area (Å²) in [5, 5.41) is 22.2. The summed E-state index contributed by atoms with van der Waals surface area (Å²) < 4.78 is 18.3. The summed E-state index contributed by atoms with van der Waals surface area (Å²) in [6.45, 7) is -0.367. The number of amides is 1. The smallest absolute Gasteiger partial charge is 0.351 e. The number of nitrogens with zero attached hydrogens (tertiary/aromatic N) is 2. The van der Waals surface area contributed by atoms with E-state index in [0.29, 0.717) is 17.1 Å². The molecule has 1 aliphatic rings. The number of aliphatic hydroxyl groups excluding tert-OH is 2. The van der Waals surface area contributed by atoms with Crippen LogP contribution in [0.1, 0.15) is 45.3 Å². The number of benzene rings is 4. The van der Waals surface area contributed by atoms with Gasteiger partial charge in [-0.1, -0.05) is 78.9 Å². The van der Waals surface area contributed by atoms with Crippen molar-refractivity contribution in [2.45, 2.75) is 30.3 Å². The molecular formula is C37H35N3O7. The second-order valence-corrected chi connectivity index (χ2v) is 11.2. The standard InChI is InChI=1S/C37H35N3O7/c1-45-28-16-17-29(31(21-28)46-2)37(25-11-5-3-6-12-25,26-13-7-4-8-14-26)27-15-9-10-24(20-27)35(43)38-33-18-19-40(36(44)39-33)34-22-30(42)32(23-41)47-34/h3-21,30,32,34,41-42H,22-23H2,1-2H3,(H,38,39,43,44). The van der Waals surface area contributed by atoms with Gasteiger partial charge in [-0.25, -0.2) is 4.79 Å². The van der Waals surface area contributed by atoms with Gasteiger partial charge in [0.15, 0.2) is 0 Å². The summed E-state index contributed by atoms with van der Waals surface area (Å²) in [6, 6.07) is 34.6. The second-order valence-electron chi connectivity index (χ2n) is 11.2. The van der Waals surface area contributed by atoms with E-state index in [-0.39, 0.29) is 18.8 Å². The molecule has 6 rings (SSSR count). The van der Waals surface area contributed by atoms with E-state index >= 15 is 0 Å². The third kappa shape index (κ3) is 6.01. The number of rotatable bonds is 10. The molecule has 1 saturated heterocycles. The van der Waals surface area contributed by atoms with Gasteiger partial charge in [-0.2, -0.15) is 4.98 Å². The number of anilines is 1. The van der Waals surface area contributed by atoms with Gasteiger partial charge in [0.05, 0.1) is 32.3 Å². The van der Waals surface area contributed by atoms with Gasteiger partial charge in [-0.15, -0.1) is 0 Å². The van der Waals surface area contributed by atoms with Crippen LogP contribution in [0.25, 0.3) is 0 Å². The van der Waals surface area contributed by atoms with Crippen LogP contribution in [0.3, 0.4) is 0 Å². The minimum absolute atomic E-state index is 0.0631. The Kier molecular flexibility index (Phi) is 9.17. The van der Waals surface area contributed by atoms with Gasteiger partial charge in [0.2, 0.25) is 0 Å². The highest BCUT2D eigenvalue weighted by molar-refractivity contribution is 6.04. The van der Waals surface area contributed by atoms with Gasteiger partial charge in [0.1, 0.15) is 29.6 Å². The molecule has 3 unspecified atom stereocenters. The molecule has 10 nitrogen and oxygen atoms in total. The average Bonchev–Trinajstić information content (AvgIpc) is 3.49. The third-order valence-electron chi connectivity index (χ3n) is 8.55. The van der Waals surface area contributed by atoms with Crippen molar-refractivity contribution in [2.24, 2.45) is 0 Å². The molecule has 1 fully saturated rings. The van der Waals surface area contributed by atoms with Crippen LogP contribution in [0.15, 0.2) is 120 Å². The molecule has 3 atom stereocenters. The van der Waals surface area contributed by atoms with Crippen LogP contribution in [0.4, 0.5) is 5.82 Å². The van der Waals surface area contributed by atoms with Crippen LogP contribution >= 0.6 is 0 Å². The number of hydrogen-bond donors (Lipinski definition) is 3. The predicted molar refractivity (Wildman–Crippen MR) is 176 cm³/mol. The molecule has 1 aromatic heterocycles. The van der Waals surface area contributed by atoms with E-state index in [2.05, 4.69) is 34.6 Å². The van der Waals surface area contributed by atoms with Gasteiger partial charge in [0, 0.05) is 29.8 Å². The molecule has 0 bridgehead atoms. The number of methoxy groups -OCH3 is 2. The van der Waals surface area contributed by atoms with Crippen molar-refractivity contribution in [3.63, 3.8) is 0 Å². The van der Waals surface area contributed by atoms with Gasteiger partial charge < -0.3 is 29.7 Å². The maximum atomic E-state index is 13.7. The first-order valence-electron chi connectivity index (χ1n) is 15.2. The van der Waals surface area contributed by atoms with E-state index in [9.17, 15) is 19.8 Å². The van der Waals surface area contributed by atoms with Crippen LogP contribution < -0.4 is 20.5 Å². The Hall–Kier alpha value is -5.29. The zero-order chi connectivity index (χ0) is 33.0. The van der Waals surface area contributed by atoms with E-state index in [4.69, 9.17) is 14.2 Å². The van der Waals surface area contributed by atoms with Crippen molar-refractivity contribution >= 4 is 11.7 Å². The lowest BCUT2D eigenvalue weighted by Gasteiger charge is -2.38. The van der Waals surface area contributed by atoms with Crippen molar-refractivity contribution in [3.8, 4) is 11.5 Å². The van der Waals surface area contributed by atoms with Crippen LogP contribution in [0.2, 0.25) is 0 Å². The SMILES string of the molecule is COc1ccc(C(c2ccccc2)(c2ccccc2)c2cccc(C(=O)Nc3ccn(C4CC(O)C(CO)O4)c(=O)n3)c2)c(OC)c1. The monoisotopic (exact) mass is 633 g/mol. The molecule has 47 heavy (non-hydrogen) atoms. The normalized spacial score (nSPS) is 17.7. The largest absolute Gasteiger partial charge is 0.497 e. The predicted octanol–water partition coefficient (Wildman–Crippen LogP) is 4.54. The molecular weight excluding hydrogens is 598 g/mol. The molecule has 0 spiro atoms. The topological polar surface area (TPSA) is 132 Å². The lowest BCUT2D eigenvalue weighted by molar-refractivity contribution is -0.0458.